The maximum atomic E-state index is 4.33. The van der Waals surface area contributed by atoms with Crippen molar-refractivity contribution in [1.82, 2.24) is 10.3 Å². The summed E-state index contributed by atoms with van der Waals surface area (Å²) in [5.74, 6) is 1.43. The normalized spacial score (nSPS) is 15.1. The van der Waals surface area contributed by atoms with E-state index >= 15 is 0 Å². The predicted molar refractivity (Wildman–Crippen MR) is 67.3 cm³/mol. The molecule has 1 aromatic rings. The fourth-order valence-corrected chi connectivity index (χ4v) is 2.30. The Balaban J connectivity index is 2.23. The van der Waals surface area contributed by atoms with Gasteiger partial charge in [0.25, 0.3) is 0 Å². The first-order valence-corrected chi connectivity index (χ1v) is 6.71. The van der Waals surface area contributed by atoms with E-state index in [0.717, 1.165) is 25.4 Å². The lowest BCUT2D eigenvalue weighted by Crippen LogP contribution is -2.26. The number of hydrogen-bond acceptors (Lipinski definition) is 3. The maximum absolute atomic E-state index is 4.33. The molecule has 0 saturated carbocycles. The molecule has 0 amide bonds. The van der Waals surface area contributed by atoms with Crippen molar-refractivity contribution in [3.05, 3.63) is 16.6 Å². The van der Waals surface area contributed by atoms with Gasteiger partial charge in [-0.3, -0.25) is 0 Å². The van der Waals surface area contributed by atoms with E-state index in [0.29, 0.717) is 5.92 Å². The molecule has 0 fully saturated rings. The molecular weight excluding hydrogens is 204 g/mol. The highest BCUT2D eigenvalue weighted by atomic mass is 32.1. The quantitative estimate of drug-likeness (QED) is 0.723. The standard InChI is InChI=1S/C12H22N2S/c1-4-5-13-9-11(3)10(2)8-12-14-6-7-15-12/h6-7,10-11,13H,4-5,8-9H2,1-3H3. The van der Waals surface area contributed by atoms with Crippen LogP contribution in [0.25, 0.3) is 0 Å². The van der Waals surface area contributed by atoms with Crippen molar-refractivity contribution in [2.24, 2.45) is 11.8 Å². The number of nitrogens with zero attached hydrogens (tertiary/aromatic N) is 1. The SMILES string of the molecule is CCCNCC(C)C(C)Cc1nccs1. The summed E-state index contributed by atoms with van der Waals surface area (Å²) in [6.45, 7) is 9.10. The number of rotatable bonds is 7. The van der Waals surface area contributed by atoms with Gasteiger partial charge >= 0.3 is 0 Å². The topological polar surface area (TPSA) is 24.9 Å². The lowest BCUT2D eigenvalue weighted by Gasteiger charge is -2.19. The Bertz CT molecular complexity index is 246. The first-order valence-electron chi connectivity index (χ1n) is 5.83. The van der Waals surface area contributed by atoms with E-state index in [1.807, 2.05) is 6.20 Å². The molecule has 2 atom stereocenters. The Kier molecular flexibility index (Phi) is 5.88. The van der Waals surface area contributed by atoms with Crippen LogP contribution in [0.5, 0.6) is 0 Å². The van der Waals surface area contributed by atoms with Crippen molar-refractivity contribution >= 4 is 11.3 Å². The summed E-state index contributed by atoms with van der Waals surface area (Å²) in [7, 11) is 0. The Morgan fingerprint density at radius 2 is 2.20 bits per heavy atom. The molecule has 0 radical (unpaired) electrons. The van der Waals surface area contributed by atoms with Gasteiger partial charge in [-0.2, -0.15) is 0 Å². The fraction of sp³-hybridized carbons (Fsp3) is 0.750. The lowest BCUT2D eigenvalue weighted by molar-refractivity contribution is 0.365. The lowest BCUT2D eigenvalue weighted by atomic mass is 9.93. The average molecular weight is 226 g/mol. The van der Waals surface area contributed by atoms with E-state index in [4.69, 9.17) is 0 Å². The van der Waals surface area contributed by atoms with E-state index < -0.39 is 0 Å². The predicted octanol–water partition coefficient (Wildman–Crippen LogP) is 2.96. The van der Waals surface area contributed by atoms with Gasteiger partial charge in [0.2, 0.25) is 0 Å². The smallest absolute Gasteiger partial charge is 0.0927 e. The van der Waals surface area contributed by atoms with E-state index in [1.54, 1.807) is 11.3 Å². The molecule has 0 bridgehead atoms. The zero-order chi connectivity index (χ0) is 11.1. The average Bonchev–Trinajstić information content (AvgIpc) is 2.70. The van der Waals surface area contributed by atoms with E-state index in [9.17, 15) is 0 Å². The zero-order valence-electron chi connectivity index (χ0n) is 9.99. The van der Waals surface area contributed by atoms with Crippen molar-refractivity contribution in [2.45, 2.75) is 33.6 Å². The molecule has 0 aromatic carbocycles. The van der Waals surface area contributed by atoms with Crippen LogP contribution in [-0.2, 0) is 6.42 Å². The van der Waals surface area contributed by atoms with Crippen LogP contribution in [0, 0.1) is 11.8 Å². The van der Waals surface area contributed by atoms with Gasteiger partial charge < -0.3 is 5.32 Å². The van der Waals surface area contributed by atoms with Crippen LogP contribution in [0.15, 0.2) is 11.6 Å². The molecule has 86 valence electrons. The molecule has 0 spiro atoms. The molecule has 0 saturated heterocycles. The van der Waals surface area contributed by atoms with Gasteiger partial charge in [0.15, 0.2) is 0 Å². The molecule has 0 aliphatic rings. The van der Waals surface area contributed by atoms with Crippen LogP contribution in [0.3, 0.4) is 0 Å². The van der Waals surface area contributed by atoms with E-state index in [1.165, 1.54) is 11.4 Å². The van der Waals surface area contributed by atoms with E-state index in [2.05, 4.69) is 36.5 Å². The van der Waals surface area contributed by atoms with Crippen LogP contribution in [0.4, 0.5) is 0 Å². The Hall–Kier alpha value is -0.410. The van der Waals surface area contributed by atoms with Gasteiger partial charge in [-0.1, -0.05) is 20.8 Å². The third-order valence-corrected chi connectivity index (χ3v) is 3.65. The van der Waals surface area contributed by atoms with Crippen LogP contribution in [-0.4, -0.2) is 18.1 Å². The number of nitrogens with one attached hydrogen (secondary N) is 1. The van der Waals surface area contributed by atoms with Gasteiger partial charge in [-0.05, 0) is 31.3 Å². The highest BCUT2D eigenvalue weighted by molar-refractivity contribution is 7.09. The fourth-order valence-electron chi connectivity index (χ4n) is 1.54. The Morgan fingerprint density at radius 1 is 1.40 bits per heavy atom. The molecule has 2 unspecified atom stereocenters. The van der Waals surface area contributed by atoms with Gasteiger partial charge in [0, 0.05) is 18.0 Å². The minimum atomic E-state index is 0.709. The summed E-state index contributed by atoms with van der Waals surface area (Å²) in [5.41, 5.74) is 0. The van der Waals surface area contributed by atoms with Gasteiger partial charge in [-0.15, -0.1) is 11.3 Å². The molecule has 3 heteroatoms. The number of hydrogen-bond donors (Lipinski definition) is 1. The van der Waals surface area contributed by atoms with Gasteiger partial charge in [0.1, 0.15) is 0 Å². The minimum absolute atomic E-state index is 0.709. The minimum Gasteiger partial charge on any atom is -0.316 e. The third-order valence-electron chi connectivity index (χ3n) is 2.84. The van der Waals surface area contributed by atoms with Crippen LogP contribution in [0.2, 0.25) is 0 Å². The van der Waals surface area contributed by atoms with Gasteiger partial charge in [-0.25, -0.2) is 4.98 Å². The second-order valence-electron chi connectivity index (χ2n) is 4.29. The van der Waals surface area contributed by atoms with Crippen molar-refractivity contribution in [2.75, 3.05) is 13.1 Å². The number of thiazole rings is 1. The molecular formula is C12H22N2S. The van der Waals surface area contributed by atoms with Crippen molar-refractivity contribution < 1.29 is 0 Å². The van der Waals surface area contributed by atoms with Crippen molar-refractivity contribution in [3.8, 4) is 0 Å². The van der Waals surface area contributed by atoms with Crippen molar-refractivity contribution in [1.29, 1.82) is 0 Å². The van der Waals surface area contributed by atoms with Crippen LogP contribution >= 0.6 is 11.3 Å². The van der Waals surface area contributed by atoms with Crippen molar-refractivity contribution in [3.63, 3.8) is 0 Å². The summed E-state index contributed by atoms with van der Waals surface area (Å²) in [6, 6.07) is 0. The second-order valence-corrected chi connectivity index (χ2v) is 5.27. The second kappa shape index (κ2) is 6.96. The van der Waals surface area contributed by atoms with E-state index in [-0.39, 0.29) is 0 Å². The van der Waals surface area contributed by atoms with Crippen LogP contribution < -0.4 is 5.32 Å². The zero-order valence-corrected chi connectivity index (χ0v) is 10.8. The molecule has 1 rings (SSSR count). The van der Waals surface area contributed by atoms with Crippen LogP contribution in [0.1, 0.15) is 32.2 Å². The molecule has 1 N–H and O–H groups in total. The highest BCUT2D eigenvalue weighted by Crippen LogP contribution is 2.17. The summed E-state index contributed by atoms with van der Waals surface area (Å²) < 4.78 is 0. The molecule has 15 heavy (non-hydrogen) atoms. The summed E-state index contributed by atoms with van der Waals surface area (Å²) in [5, 5.41) is 6.80. The summed E-state index contributed by atoms with van der Waals surface area (Å²) >= 11 is 1.77. The molecule has 0 aliphatic carbocycles. The highest BCUT2D eigenvalue weighted by Gasteiger charge is 2.13. The first kappa shape index (κ1) is 12.7. The third kappa shape index (κ3) is 4.76. The monoisotopic (exact) mass is 226 g/mol. The molecule has 1 heterocycles. The Labute approximate surface area is 97.1 Å². The first-order chi connectivity index (χ1) is 7.24. The maximum Gasteiger partial charge on any atom is 0.0927 e. The summed E-state index contributed by atoms with van der Waals surface area (Å²) in [6.07, 6.45) is 4.23. The number of aromatic nitrogens is 1. The molecule has 2 nitrogen and oxygen atoms in total. The van der Waals surface area contributed by atoms with Gasteiger partial charge in [0.05, 0.1) is 5.01 Å². The summed E-state index contributed by atoms with van der Waals surface area (Å²) in [4.78, 5) is 4.33. The largest absolute Gasteiger partial charge is 0.316 e. The molecule has 1 aromatic heterocycles. The Morgan fingerprint density at radius 3 is 2.80 bits per heavy atom. The molecule has 0 aliphatic heterocycles.